The molecule has 0 radical (unpaired) electrons. The van der Waals surface area contributed by atoms with E-state index in [1.807, 2.05) is 19.3 Å². The monoisotopic (exact) mass is 254 g/mol. The van der Waals surface area contributed by atoms with Gasteiger partial charge >= 0.3 is 0 Å². The van der Waals surface area contributed by atoms with E-state index in [9.17, 15) is 0 Å². The van der Waals surface area contributed by atoms with Crippen molar-refractivity contribution in [1.82, 2.24) is 10.3 Å². The highest BCUT2D eigenvalue weighted by Gasteiger charge is 2.28. The summed E-state index contributed by atoms with van der Waals surface area (Å²) < 4.78 is 6.02. The Morgan fingerprint density at radius 1 is 1.26 bits per heavy atom. The SMILES string of the molecule is CNC(c1cccnc1)C1OCCc2ccccc21. The Bertz CT molecular complexity index is 541. The van der Waals surface area contributed by atoms with Crippen molar-refractivity contribution in [3.8, 4) is 0 Å². The van der Waals surface area contributed by atoms with Gasteiger partial charge in [-0.3, -0.25) is 4.98 Å². The zero-order valence-electron chi connectivity index (χ0n) is 11.0. The molecule has 2 atom stereocenters. The van der Waals surface area contributed by atoms with E-state index in [0.29, 0.717) is 0 Å². The topological polar surface area (TPSA) is 34.2 Å². The minimum Gasteiger partial charge on any atom is -0.371 e. The number of ether oxygens (including phenoxy) is 1. The molecule has 2 aromatic rings. The van der Waals surface area contributed by atoms with E-state index in [0.717, 1.165) is 18.6 Å². The summed E-state index contributed by atoms with van der Waals surface area (Å²) in [6.45, 7) is 0.778. The second-order valence-corrected chi connectivity index (χ2v) is 4.79. The summed E-state index contributed by atoms with van der Waals surface area (Å²) in [7, 11) is 1.97. The van der Waals surface area contributed by atoms with E-state index in [-0.39, 0.29) is 12.1 Å². The second-order valence-electron chi connectivity index (χ2n) is 4.79. The Hall–Kier alpha value is -1.71. The minimum absolute atomic E-state index is 0.0548. The van der Waals surface area contributed by atoms with Crippen LogP contribution in [0, 0.1) is 0 Å². The zero-order valence-corrected chi connectivity index (χ0v) is 11.0. The molecule has 0 amide bonds. The molecule has 3 rings (SSSR count). The van der Waals surface area contributed by atoms with Crippen molar-refractivity contribution in [3.63, 3.8) is 0 Å². The van der Waals surface area contributed by atoms with Gasteiger partial charge in [-0.25, -0.2) is 0 Å². The third-order valence-electron chi connectivity index (χ3n) is 3.69. The maximum atomic E-state index is 6.02. The first-order valence-electron chi connectivity index (χ1n) is 6.67. The number of benzene rings is 1. The molecule has 1 aliphatic rings. The van der Waals surface area contributed by atoms with Gasteiger partial charge in [-0.05, 0) is 36.2 Å². The van der Waals surface area contributed by atoms with Gasteiger partial charge in [0, 0.05) is 12.4 Å². The number of fused-ring (bicyclic) bond motifs is 1. The van der Waals surface area contributed by atoms with Crippen LogP contribution in [0.1, 0.15) is 28.8 Å². The number of nitrogens with one attached hydrogen (secondary N) is 1. The lowest BCUT2D eigenvalue weighted by molar-refractivity contribution is 0.0165. The Morgan fingerprint density at radius 2 is 2.16 bits per heavy atom. The van der Waals surface area contributed by atoms with Gasteiger partial charge in [-0.15, -0.1) is 0 Å². The first-order valence-corrected chi connectivity index (χ1v) is 6.67. The number of likely N-dealkylation sites (N-methyl/N-ethyl adjacent to an activating group) is 1. The van der Waals surface area contributed by atoms with Crippen LogP contribution in [-0.2, 0) is 11.2 Å². The van der Waals surface area contributed by atoms with Gasteiger partial charge in [0.2, 0.25) is 0 Å². The Balaban J connectivity index is 1.97. The third-order valence-corrected chi connectivity index (χ3v) is 3.69. The maximum Gasteiger partial charge on any atom is 0.102 e. The van der Waals surface area contributed by atoms with Crippen LogP contribution in [0.2, 0.25) is 0 Å². The van der Waals surface area contributed by atoms with Crippen molar-refractivity contribution in [2.45, 2.75) is 18.6 Å². The highest BCUT2D eigenvalue weighted by Crippen LogP contribution is 2.36. The molecule has 3 heteroatoms. The highest BCUT2D eigenvalue weighted by atomic mass is 16.5. The number of aromatic nitrogens is 1. The zero-order chi connectivity index (χ0) is 13.1. The van der Waals surface area contributed by atoms with Crippen LogP contribution in [0.25, 0.3) is 0 Å². The van der Waals surface area contributed by atoms with E-state index < -0.39 is 0 Å². The summed E-state index contributed by atoms with van der Waals surface area (Å²) in [6, 6.07) is 12.7. The van der Waals surface area contributed by atoms with Gasteiger partial charge in [0.05, 0.1) is 12.6 Å². The molecule has 2 heterocycles. The first kappa shape index (κ1) is 12.3. The average molecular weight is 254 g/mol. The van der Waals surface area contributed by atoms with Crippen LogP contribution in [0.4, 0.5) is 0 Å². The van der Waals surface area contributed by atoms with Crippen LogP contribution < -0.4 is 5.32 Å². The number of nitrogens with zero attached hydrogens (tertiary/aromatic N) is 1. The molecular weight excluding hydrogens is 236 g/mol. The molecule has 1 aliphatic heterocycles. The average Bonchev–Trinajstić information content (AvgIpc) is 2.49. The van der Waals surface area contributed by atoms with Gasteiger partial charge in [0.25, 0.3) is 0 Å². The molecule has 1 aromatic heterocycles. The van der Waals surface area contributed by atoms with Crippen molar-refractivity contribution < 1.29 is 4.74 Å². The number of pyridine rings is 1. The standard InChI is InChI=1S/C16H18N2O/c1-17-15(13-6-4-9-18-11-13)16-14-7-3-2-5-12(14)8-10-19-16/h2-7,9,11,15-17H,8,10H2,1H3. The van der Waals surface area contributed by atoms with Crippen LogP contribution in [0.3, 0.4) is 0 Å². The number of hydrogen-bond donors (Lipinski definition) is 1. The summed E-state index contributed by atoms with van der Waals surface area (Å²) >= 11 is 0. The Kier molecular flexibility index (Phi) is 3.58. The van der Waals surface area contributed by atoms with Crippen molar-refractivity contribution in [3.05, 3.63) is 65.5 Å². The summed E-state index contributed by atoms with van der Waals surface area (Å²) in [4.78, 5) is 4.21. The van der Waals surface area contributed by atoms with Crippen molar-refractivity contribution >= 4 is 0 Å². The molecule has 0 bridgehead atoms. The van der Waals surface area contributed by atoms with Gasteiger partial charge in [-0.2, -0.15) is 0 Å². The number of hydrogen-bond acceptors (Lipinski definition) is 3. The molecular formula is C16H18N2O. The molecule has 19 heavy (non-hydrogen) atoms. The minimum atomic E-state index is 0.0548. The van der Waals surface area contributed by atoms with E-state index >= 15 is 0 Å². The normalized spacial score (nSPS) is 19.7. The van der Waals surface area contributed by atoms with Crippen LogP contribution in [0.5, 0.6) is 0 Å². The highest BCUT2D eigenvalue weighted by molar-refractivity contribution is 5.33. The quantitative estimate of drug-likeness (QED) is 0.914. The molecule has 0 fully saturated rings. The first-order chi connectivity index (χ1) is 9.40. The maximum absolute atomic E-state index is 6.02. The van der Waals surface area contributed by atoms with Crippen molar-refractivity contribution in [2.75, 3.05) is 13.7 Å². The summed E-state index contributed by atoms with van der Waals surface area (Å²) in [6.07, 6.45) is 4.75. The predicted octanol–water partition coefficient (Wildman–Crippen LogP) is 2.66. The third kappa shape index (κ3) is 2.39. The molecule has 1 aromatic carbocycles. The molecule has 0 saturated heterocycles. The van der Waals surface area contributed by atoms with Gasteiger partial charge in [0.1, 0.15) is 6.10 Å². The molecule has 1 N–H and O–H groups in total. The molecule has 0 aliphatic carbocycles. The Morgan fingerprint density at radius 3 is 2.95 bits per heavy atom. The van der Waals surface area contributed by atoms with Crippen molar-refractivity contribution in [2.24, 2.45) is 0 Å². The second kappa shape index (κ2) is 5.51. The largest absolute Gasteiger partial charge is 0.371 e. The fourth-order valence-electron chi connectivity index (χ4n) is 2.75. The fraction of sp³-hybridized carbons (Fsp3) is 0.312. The van der Waals surface area contributed by atoms with E-state index in [4.69, 9.17) is 4.74 Å². The summed E-state index contributed by atoms with van der Waals surface area (Å²) in [5.74, 6) is 0. The van der Waals surface area contributed by atoms with E-state index in [1.165, 1.54) is 11.1 Å². The summed E-state index contributed by atoms with van der Waals surface area (Å²) in [5.41, 5.74) is 3.84. The van der Waals surface area contributed by atoms with Crippen LogP contribution >= 0.6 is 0 Å². The van der Waals surface area contributed by atoms with Crippen LogP contribution in [-0.4, -0.2) is 18.6 Å². The van der Waals surface area contributed by atoms with Crippen molar-refractivity contribution in [1.29, 1.82) is 0 Å². The number of rotatable bonds is 3. The molecule has 3 nitrogen and oxygen atoms in total. The molecule has 0 saturated carbocycles. The fourth-order valence-corrected chi connectivity index (χ4v) is 2.75. The van der Waals surface area contributed by atoms with Gasteiger partial charge < -0.3 is 10.1 Å². The van der Waals surface area contributed by atoms with E-state index in [2.05, 4.69) is 40.6 Å². The van der Waals surface area contributed by atoms with E-state index in [1.54, 1.807) is 6.20 Å². The lowest BCUT2D eigenvalue weighted by Gasteiger charge is -2.32. The molecule has 0 spiro atoms. The van der Waals surface area contributed by atoms with Gasteiger partial charge in [-0.1, -0.05) is 30.3 Å². The lowest BCUT2D eigenvalue weighted by Crippen LogP contribution is -2.29. The van der Waals surface area contributed by atoms with Crippen LogP contribution in [0.15, 0.2) is 48.8 Å². The van der Waals surface area contributed by atoms with Gasteiger partial charge in [0.15, 0.2) is 0 Å². The molecule has 98 valence electrons. The smallest absolute Gasteiger partial charge is 0.102 e. The lowest BCUT2D eigenvalue weighted by atomic mass is 9.90. The Labute approximate surface area is 113 Å². The molecule has 2 unspecified atom stereocenters. The predicted molar refractivity (Wildman–Crippen MR) is 74.9 cm³/mol. The summed E-state index contributed by atoms with van der Waals surface area (Å²) in [5, 5.41) is 3.36.